The summed E-state index contributed by atoms with van der Waals surface area (Å²) < 4.78 is 0. The van der Waals surface area contributed by atoms with Crippen molar-refractivity contribution in [2.24, 2.45) is 0 Å². The molecule has 0 bridgehead atoms. The summed E-state index contributed by atoms with van der Waals surface area (Å²) in [6.45, 7) is 4.30. The lowest BCUT2D eigenvalue weighted by Gasteiger charge is -2.32. The van der Waals surface area contributed by atoms with E-state index in [1.807, 2.05) is 31.2 Å². The number of aryl methyl sites for hydroxylation is 1. The van der Waals surface area contributed by atoms with Crippen LogP contribution in [0.3, 0.4) is 0 Å². The van der Waals surface area contributed by atoms with Gasteiger partial charge >= 0.3 is 0 Å². The van der Waals surface area contributed by atoms with Gasteiger partial charge in [-0.25, -0.2) is 0 Å². The maximum atomic E-state index is 11.8. The van der Waals surface area contributed by atoms with E-state index in [0.717, 1.165) is 54.5 Å². The number of amides is 1. The first-order chi connectivity index (χ1) is 17.5. The Morgan fingerprint density at radius 1 is 1.03 bits per heavy atom. The molecule has 1 saturated heterocycles. The number of nitrogens with one attached hydrogen (secondary N) is 4. The number of carbonyl (C=O) groups is 1. The summed E-state index contributed by atoms with van der Waals surface area (Å²) in [5, 5.41) is 19.9. The lowest BCUT2D eigenvalue weighted by molar-refractivity contribution is -0.122. The van der Waals surface area contributed by atoms with Crippen LogP contribution in [0.15, 0.2) is 60.7 Å². The molecule has 0 spiro atoms. The topological polar surface area (TPSA) is 85.1 Å². The van der Waals surface area contributed by atoms with Crippen LogP contribution in [-0.2, 0) is 4.79 Å². The van der Waals surface area contributed by atoms with E-state index in [-0.39, 0.29) is 5.91 Å². The van der Waals surface area contributed by atoms with Gasteiger partial charge in [0.2, 0.25) is 5.91 Å². The van der Waals surface area contributed by atoms with Crippen molar-refractivity contribution in [1.82, 2.24) is 20.4 Å². The van der Waals surface area contributed by atoms with Crippen molar-refractivity contribution in [2.45, 2.75) is 25.7 Å². The number of rotatable bonds is 7. The van der Waals surface area contributed by atoms with Crippen LogP contribution in [0.1, 0.15) is 30.0 Å². The molecule has 1 aliphatic heterocycles. The van der Waals surface area contributed by atoms with Gasteiger partial charge in [-0.15, -0.1) is 0 Å². The zero-order valence-corrected chi connectivity index (χ0v) is 21.3. The highest BCUT2D eigenvalue weighted by Crippen LogP contribution is 2.37. The van der Waals surface area contributed by atoms with E-state index >= 15 is 0 Å². The number of aromatic nitrogens is 2. The molecule has 186 valence electrons. The van der Waals surface area contributed by atoms with Crippen molar-refractivity contribution >= 4 is 51.2 Å². The fourth-order valence-corrected chi connectivity index (χ4v) is 5.11. The lowest BCUT2D eigenvalue weighted by Crippen LogP contribution is -2.40. The zero-order valence-electron chi connectivity index (χ0n) is 20.6. The average molecular weight is 503 g/mol. The molecule has 0 unspecified atom stereocenters. The highest BCUT2D eigenvalue weighted by molar-refractivity contribution is 6.33. The molecule has 0 aliphatic carbocycles. The summed E-state index contributed by atoms with van der Waals surface area (Å²) >= 11 is 6.45. The molecule has 0 saturated carbocycles. The van der Waals surface area contributed by atoms with Gasteiger partial charge in [0.1, 0.15) is 0 Å². The minimum atomic E-state index is 0.0781. The SMILES string of the molecule is CNC(=O)CN1CCC(c2ccc(Nc3ccc(Cl)c(Nc4cc(C)[nH]n4)c3)c3ccccc23)CC1. The zero-order chi connectivity index (χ0) is 25.1. The summed E-state index contributed by atoms with van der Waals surface area (Å²) in [4.78, 5) is 14.0. The van der Waals surface area contributed by atoms with Gasteiger partial charge in [0.15, 0.2) is 5.82 Å². The Kier molecular flexibility index (Phi) is 7.11. The Morgan fingerprint density at radius 3 is 2.53 bits per heavy atom. The maximum Gasteiger partial charge on any atom is 0.233 e. The van der Waals surface area contributed by atoms with Crippen LogP contribution in [0.2, 0.25) is 5.02 Å². The Bertz CT molecular complexity index is 1380. The monoisotopic (exact) mass is 502 g/mol. The summed E-state index contributed by atoms with van der Waals surface area (Å²) in [5.41, 5.74) is 5.14. The molecule has 5 rings (SSSR count). The van der Waals surface area contributed by atoms with Crippen LogP contribution >= 0.6 is 11.6 Å². The highest BCUT2D eigenvalue weighted by atomic mass is 35.5. The average Bonchev–Trinajstić information content (AvgIpc) is 3.31. The number of carbonyl (C=O) groups excluding carboxylic acids is 1. The molecule has 4 aromatic rings. The number of anilines is 4. The highest BCUT2D eigenvalue weighted by Gasteiger charge is 2.23. The molecule has 36 heavy (non-hydrogen) atoms. The molecule has 7 nitrogen and oxygen atoms in total. The number of likely N-dealkylation sites (tertiary alicyclic amines) is 1. The van der Waals surface area contributed by atoms with Crippen LogP contribution in [0.25, 0.3) is 10.8 Å². The van der Waals surface area contributed by atoms with Gasteiger partial charge in [0.05, 0.1) is 17.3 Å². The number of benzene rings is 3. The normalized spacial score (nSPS) is 14.6. The van der Waals surface area contributed by atoms with E-state index in [9.17, 15) is 4.79 Å². The van der Waals surface area contributed by atoms with Crippen LogP contribution in [0.5, 0.6) is 0 Å². The number of fused-ring (bicyclic) bond motifs is 1. The van der Waals surface area contributed by atoms with Gasteiger partial charge in [0.25, 0.3) is 0 Å². The third-order valence-electron chi connectivity index (χ3n) is 6.85. The minimum absolute atomic E-state index is 0.0781. The Morgan fingerprint density at radius 2 is 1.81 bits per heavy atom. The molecule has 4 N–H and O–H groups in total. The Hall–Kier alpha value is -3.55. The third kappa shape index (κ3) is 5.32. The molecular weight excluding hydrogens is 472 g/mol. The predicted octanol–water partition coefficient (Wildman–Crippen LogP) is 5.94. The van der Waals surface area contributed by atoms with E-state index in [1.54, 1.807) is 7.05 Å². The number of hydrogen-bond acceptors (Lipinski definition) is 5. The second-order valence-electron chi connectivity index (χ2n) is 9.35. The van der Waals surface area contributed by atoms with Crippen molar-refractivity contribution < 1.29 is 4.79 Å². The number of H-pyrrole nitrogens is 1. The van der Waals surface area contributed by atoms with Gasteiger partial charge in [-0.05, 0) is 74.0 Å². The Labute approximate surface area is 216 Å². The fraction of sp³-hybridized carbons (Fsp3) is 0.286. The molecule has 1 amide bonds. The predicted molar refractivity (Wildman–Crippen MR) is 148 cm³/mol. The van der Waals surface area contributed by atoms with Crippen molar-refractivity contribution in [3.63, 3.8) is 0 Å². The standard InChI is InChI=1S/C28H31ClN6O/c1-18-15-27(34-33-18)32-26-16-20(7-9-24(26)29)31-25-10-8-21(22-5-3-4-6-23(22)25)19-11-13-35(14-12-19)17-28(36)30-2/h3-10,15-16,19,31H,11-14,17H2,1-2H3,(H,30,36)(H2,32,33,34). The molecule has 3 aromatic carbocycles. The molecular formula is C28H31ClN6O. The lowest BCUT2D eigenvalue weighted by atomic mass is 9.86. The number of piperidine rings is 1. The smallest absolute Gasteiger partial charge is 0.233 e. The molecule has 0 radical (unpaired) electrons. The molecule has 0 atom stereocenters. The number of hydrogen-bond donors (Lipinski definition) is 4. The molecule has 1 aliphatic rings. The van der Waals surface area contributed by atoms with Gasteiger partial charge in [0, 0.05) is 35.6 Å². The van der Waals surface area contributed by atoms with E-state index in [0.29, 0.717) is 17.5 Å². The van der Waals surface area contributed by atoms with Crippen LogP contribution in [0, 0.1) is 6.92 Å². The second kappa shape index (κ2) is 10.6. The summed E-state index contributed by atoms with van der Waals surface area (Å²) in [7, 11) is 1.69. The minimum Gasteiger partial charge on any atom is -0.358 e. The summed E-state index contributed by atoms with van der Waals surface area (Å²) in [5.74, 6) is 1.28. The van der Waals surface area contributed by atoms with Crippen LogP contribution in [-0.4, -0.2) is 47.7 Å². The molecule has 2 heterocycles. The van der Waals surface area contributed by atoms with Crippen LogP contribution < -0.4 is 16.0 Å². The number of likely N-dealkylation sites (N-methyl/N-ethyl adjacent to an activating group) is 1. The molecule has 8 heteroatoms. The van der Waals surface area contributed by atoms with Crippen molar-refractivity contribution in [2.75, 3.05) is 37.3 Å². The van der Waals surface area contributed by atoms with E-state index in [4.69, 9.17) is 11.6 Å². The van der Waals surface area contributed by atoms with Crippen molar-refractivity contribution in [1.29, 1.82) is 0 Å². The van der Waals surface area contributed by atoms with Gasteiger partial charge in [-0.2, -0.15) is 5.10 Å². The van der Waals surface area contributed by atoms with Crippen molar-refractivity contribution in [3.8, 4) is 0 Å². The maximum absolute atomic E-state index is 11.8. The largest absolute Gasteiger partial charge is 0.358 e. The van der Waals surface area contributed by atoms with E-state index < -0.39 is 0 Å². The summed E-state index contributed by atoms with van der Waals surface area (Å²) in [6, 6.07) is 20.8. The molecule has 1 aromatic heterocycles. The quantitative estimate of drug-likeness (QED) is 0.251. The molecule has 1 fully saturated rings. The van der Waals surface area contributed by atoms with Crippen molar-refractivity contribution in [3.05, 3.63) is 76.9 Å². The first-order valence-electron chi connectivity index (χ1n) is 12.3. The van der Waals surface area contributed by atoms with Gasteiger partial charge in [-0.3, -0.25) is 14.8 Å². The van der Waals surface area contributed by atoms with E-state index in [1.165, 1.54) is 16.3 Å². The number of nitrogens with zero attached hydrogens (tertiary/aromatic N) is 2. The first kappa shape index (κ1) is 24.2. The second-order valence-corrected chi connectivity index (χ2v) is 9.76. The van der Waals surface area contributed by atoms with Crippen LogP contribution in [0.4, 0.5) is 22.9 Å². The number of halogens is 1. The summed E-state index contributed by atoms with van der Waals surface area (Å²) in [6.07, 6.45) is 2.10. The van der Waals surface area contributed by atoms with E-state index in [2.05, 4.69) is 67.4 Å². The fourth-order valence-electron chi connectivity index (χ4n) is 4.95. The first-order valence-corrected chi connectivity index (χ1v) is 12.7. The Balaban J connectivity index is 1.36. The van der Waals surface area contributed by atoms with Gasteiger partial charge in [-0.1, -0.05) is 41.9 Å². The van der Waals surface area contributed by atoms with Gasteiger partial charge < -0.3 is 16.0 Å². The third-order valence-corrected chi connectivity index (χ3v) is 7.17. The number of aromatic amines is 1.